The highest BCUT2D eigenvalue weighted by atomic mass is 32.1. The Labute approximate surface area is 112 Å². The lowest BCUT2D eigenvalue weighted by atomic mass is 10.1. The number of rotatable bonds is 8. The molecule has 0 aliphatic heterocycles. The van der Waals surface area contributed by atoms with E-state index in [0.717, 1.165) is 17.8 Å². The molecule has 0 aliphatic rings. The maximum atomic E-state index is 11.5. The third-order valence-electron chi connectivity index (χ3n) is 2.51. The molecule has 1 N–H and O–H groups in total. The van der Waals surface area contributed by atoms with E-state index in [0.29, 0.717) is 30.7 Å². The van der Waals surface area contributed by atoms with Gasteiger partial charge in [-0.15, -0.1) is 10.2 Å². The quantitative estimate of drug-likeness (QED) is 0.738. The number of ether oxygens (including phenoxy) is 1. The molecule has 102 valence electrons. The molecular weight excluding hydrogens is 250 g/mol. The van der Waals surface area contributed by atoms with E-state index in [9.17, 15) is 4.79 Å². The van der Waals surface area contributed by atoms with Gasteiger partial charge in [-0.1, -0.05) is 31.6 Å². The third kappa shape index (κ3) is 5.10. The van der Waals surface area contributed by atoms with Crippen LogP contribution in [0.25, 0.3) is 0 Å². The van der Waals surface area contributed by atoms with Crippen molar-refractivity contribution in [2.24, 2.45) is 0 Å². The molecule has 1 atom stereocenters. The Morgan fingerprint density at radius 3 is 2.89 bits per heavy atom. The van der Waals surface area contributed by atoms with Gasteiger partial charge >= 0.3 is 0 Å². The fraction of sp³-hybridized carbons (Fsp3) is 0.750. The van der Waals surface area contributed by atoms with Crippen molar-refractivity contribution in [2.75, 3.05) is 18.5 Å². The van der Waals surface area contributed by atoms with E-state index < -0.39 is 0 Å². The molecule has 0 saturated heterocycles. The van der Waals surface area contributed by atoms with Crippen molar-refractivity contribution in [2.45, 2.75) is 46.0 Å². The number of aromatic nitrogens is 2. The van der Waals surface area contributed by atoms with Crippen LogP contribution in [-0.4, -0.2) is 29.3 Å². The number of carbonyl (C=O) groups excluding carboxylic acids is 1. The fourth-order valence-electron chi connectivity index (χ4n) is 1.53. The zero-order valence-corrected chi connectivity index (χ0v) is 12.0. The number of carbonyl (C=O) groups is 1. The number of nitrogens with zero attached hydrogens (tertiary/aromatic N) is 2. The minimum Gasteiger partial charge on any atom is -0.381 e. The molecular formula is C12H21N3O2S. The summed E-state index contributed by atoms with van der Waals surface area (Å²) in [6, 6.07) is 0. The summed E-state index contributed by atoms with van der Waals surface area (Å²) in [5.41, 5.74) is 0. The Morgan fingerprint density at radius 2 is 2.22 bits per heavy atom. The molecule has 6 heteroatoms. The van der Waals surface area contributed by atoms with Crippen LogP contribution in [0.2, 0.25) is 0 Å². The van der Waals surface area contributed by atoms with Gasteiger partial charge in [-0.25, -0.2) is 0 Å². The topological polar surface area (TPSA) is 64.1 Å². The van der Waals surface area contributed by atoms with E-state index in [1.807, 2.05) is 6.92 Å². The minimum absolute atomic E-state index is 0.0747. The predicted molar refractivity (Wildman–Crippen MR) is 73.0 cm³/mol. The first kappa shape index (κ1) is 15.0. The first-order valence-corrected chi connectivity index (χ1v) is 7.20. The molecule has 0 aromatic carbocycles. The van der Waals surface area contributed by atoms with Gasteiger partial charge in [0.1, 0.15) is 5.01 Å². The van der Waals surface area contributed by atoms with Crippen LogP contribution in [0.4, 0.5) is 5.13 Å². The molecule has 1 aromatic rings. The first-order valence-electron chi connectivity index (χ1n) is 6.38. The summed E-state index contributed by atoms with van der Waals surface area (Å²) in [5, 5.41) is 12.4. The Hall–Kier alpha value is -1.01. The highest BCUT2D eigenvalue weighted by Crippen LogP contribution is 2.26. The van der Waals surface area contributed by atoms with Gasteiger partial charge in [0, 0.05) is 12.5 Å². The molecule has 0 aliphatic carbocycles. The number of anilines is 1. The number of hydrogen-bond acceptors (Lipinski definition) is 5. The molecule has 1 rings (SSSR count). The molecule has 0 radical (unpaired) electrons. The van der Waals surface area contributed by atoms with Crippen LogP contribution in [0.15, 0.2) is 0 Å². The lowest BCUT2D eigenvalue weighted by Gasteiger charge is -2.03. The van der Waals surface area contributed by atoms with Crippen LogP contribution in [0.5, 0.6) is 0 Å². The van der Waals surface area contributed by atoms with E-state index in [1.165, 1.54) is 11.3 Å². The predicted octanol–water partition coefficient (Wildman–Crippen LogP) is 2.81. The molecule has 0 saturated carbocycles. The van der Waals surface area contributed by atoms with Crippen LogP contribution in [0, 0.1) is 0 Å². The van der Waals surface area contributed by atoms with E-state index in [1.54, 1.807) is 0 Å². The molecule has 1 aromatic heterocycles. The molecule has 1 amide bonds. The largest absolute Gasteiger partial charge is 0.381 e. The van der Waals surface area contributed by atoms with Gasteiger partial charge in [0.15, 0.2) is 0 Å². The summed E-state index contributed by atoms with van der Waals surface area (Å²) in [5.74, 6) is 0.330. The van der Waals surface area contributed by atoms with E-state index in [-0.39, 0.29) is 5.91 Å². The second-order valence-corrected chi connectivity index (χ2v) is 5.14. The van der Waals surface area contributed by atoms with Crippen LogP contribution >= 0.6 is 11.3 Å². The Balaban J connectivity index is 2.41. The zero-order chi connectivity index (χ0) is 13.4. The second kappa shape index (κ2) is 8.16. The lowest BCUT2D eigenvalue weighted by molar-refractivity contribution is -0.117. The van der Waals surface area contributed by atoms with Crippen molar-refractivity contribution in [3.8, 4) is 0 Å². The summed E-state index contributed by atoms with van der Waals surface area (Å²) < 4.78 is 5.12. The maximum absolute atomic E-state index is 11.5. The second-order valence-electron chi connectivity index (χ2n) is 4.13. The van der Waals surface area contributed by atoms with Gasteiger partial charge in [-0.05, 0) is 13.3 Å². The summed E-state index contributed by atoms with van der Waals surface area (Å²) in [6.45, 7) is 7.26. The average molecular weight is 271 g/mol. The molecule has 5 nitrogen and oxygen atoms in total. The smallest absolute Gasteiger partial charge is 0.228 e. The fourth-order valence-corrected chi connectivity index (χ4v) is 2.38. The van der Waals surface area contributed by atoms with E-state index in [4.69, 9.17) is 4.74 Å². The van der Waals surface area contributed by atoms with Gasteiger partial charge in [0.05, 0.1) is 13.0 Å². The first-order chi connectivity index (χ1) is 8.67. The Kier molecular flexibility index (Phi) is 6.82. The van der Waals surface area contributed by atoms with Gasteiger partial charge in [0.25, 0.3) is 0 Å². The molecule has 1 unspecified atom stereocenters. The van der Waals surface area contributed by atoms with Crippen molar-refractivity contribution in [1.29, 1.82) is 0 Å². The number of nitrogens with one attached hydrogen (secondary N) is 1. The Bertz CT molecular complexity index is 368. The van der Waals surface area contributed by atoms with Crippen LogP contribution in [-0.2, 0) is 9.53 Å². The van der Waals surface area contributed by atoms with E-state index >= 15 is 0 Å². The van der Waals surface area contributed by atoms with Crippen molar-refractivity contribution in [3.05, 3.63) is 5.01 Å². The van der Waals surface area contributed by atoms with E-state index in [2.05, 4.69) is 29.4 Å². The monoisotopic (exact) mass is 271 g/mol. The lowest BCUT2D eigenvalue weighted by Crippen LogP contribution is -2.13. The van der Waals surface area contributed by atoms with Crippen molar-refractivity contribution in [1.82, 2.24) is 10.2 Å². The summed E-state index contributed by atoms with van der Waals surface area (Å²) in [6.07, 6.45) is 2.57. The van der Waals surface area contributed by atoms with Gasteiger partial charge in [-0.3, -0.25) is 4.79 Å². The summed E-state index contributed by atoms with van der Waals surface area (Å²) >= 11 is 1.45. The third-order valence-corrected chi connectivity index (χ3v) is 3.58. The number of amides is 1. The SMILES string of the molecule is CCCC(C)c1nnc(NC(=O)CCOCC)s1. The normalized spacial score (nSPS) is 12.4. The highest BCUT2D eigenvalue weighted by molar-refractivity contribution is 7.15. The Morgan fingerprint density at radius 1 is 1.44 bits per heavy atom. The van der Waals surface area contributed by atoms with Crippen LogP contribution in [0.1, 0.15) is 51.0 Å². The number of hydrogen-bond donors (Lipinski definition) is 1. The van der Waals surface area contributed by atoms with Crippen LogP contribution < -0.4 is 5.32 Å². The van der Waals surface area contributed by atoms with Gasteiger partial charge < -0.3 is 10.1 Å². The molecule has 1 heterocycles. The molecule has 18 heavy (non-hydrogen) atoms. The highest BCUT2D eigenvalue weighted by Gasteiger charge is 2.12. The summed E-state index contributed by atoms with van der Waals surface area (Å²) in [7, 11) is 0. The zero-order valence-electron chi connectivity index (χ0n) is 11.2. The molecule has 0 bridgehead atoms. The maximum Gasteiger partial charge on any atom is 0.228 e. The average Bonchev–Trinajstić information content (AvgIpc) is 2.78. The van der Waals surface area contributed by atoms with Crippen molar-refractivity contribution in [3.63, 3.8) is 0 Å². The van der Waals surface area contributed by atoms with Crippen molar-refractivity contribution < 1.29 is 9.53 Å². The summed E-state index contributed by atoms with van der Waals surface area (Å²) in [4.78, 5) is 11.5. The molecule has 0 spiro atoms. The van der Waals surface area contributed by atoms with Crippen molar-refractivity contribution >= 4 is 22.4 Å². The van der Waals surface area contributed by atoms with Gasteiger partial charge in [0.2, 0.25) is 11.0 Å². The standard InChI is InChI=1S/C12H21N3O2S/c1-4-6-9(3)11-14-15-12(18-11)13-10(16)7-8-17-5-2/h9H,4-8H2,1-3H3,(H,13,15,16). The van der Waals surface area contributed by atoms with Crippen LogP contribution in [0.3, 0.4) is 0 Å². The molecule has 0 fully saturated rings. The van der Waals surface area contributed by atoms with Gasteiger partial charge in [-0.2, -0.15) is 0 Å². The minimum atomic E-state index is -0.0747.